The smallest absolute Gasteiger partial charge is 0.181 e. The first-order chi connectivity index (χ1) is 9.65. The first-order valence-electron chi connectivity index (χ1n) is 5.92. The van der Waals surface area contributed by atoms with Crippen LogP contribution in [0.1, 0.15) is 0 Å². The van der Waals surface area contributed by atoms with Crippen LogP contribution in [0.15, 0.2) is 48.5 Å². The number of benzene rings is 2. The Morgan fingerprint density at radius 2 is 1.80 bits per heavy atom. The van der Waals surface area contributed by atoms with Gasteiger partial charge in [0.2, 0.25) is 0 Å². The highest BCUT2D eigenvalue weighted by Gasteiger charge is 2.14. The molecule has 2 N–H and O–H groups in total. The van der Waals surface area contributed by atoms with Gasteiger partial charge in [-0.1, -0.05) is 53.3 Å². The van der Waals surface area contributed by atoms with Crippen molar-refractivity contribution in [3.8, 4) is 21.7 Å². The number of nitrogens with zero attached hydrogens (tertiary/aromatic N) is 1. The third-order valence-electron chi connectivity index (χ3n) is 2.87. The highest BCUT2D eigenvalue weighted by Crippen LogP contribution is 2.38. The van der Waals surface area contributed by atoms with Crippen LogP contribution in [0.25, 0.3) is 21.7 Å². The lowest BCUT2D eigenvalue weighted by Crippen LogP contribution is -1.86. The Morgan fingerprint density at radius 3 is 2.50 bits per heavy atom. The summed E-state index contributed by atoms with van der Waals surface area (Å²) in [7, 11) is 0. The van der Waals surface area contributed by atoms with Gasteiger partial charge in [-0.2, -0.15) is 0 Å². The first kappa shape index (κ1) is 13.1. The minimum Gasteiger partial charge on any atom is -0.375 e. The van der Waals surface area contributed by atoms with Crippen LogP contribution in [0.4, 0.5) is 9.52 Å². The van der Waals surface area contributed by atoms with E-state index in [1.807, 2.05) is 30.3 Å². The van der Waals surface area contributed by atoms with Crippen LogP contribution in [0.2, 0.25) is 5.02 Å². The van der Waals surface area contributed by atoms with Gasteiger partial charge in [-0.15, -0.1) is 0 Å². The minimum absolute atomic E-state index is 0.0769. The SMILES string of the molecule is Nc1nc(-c2ccc(F)c(Cl)c2)c(-c2ccccc2)s1. The number of aromatic nitrogens is 1. The molecule has 5 heteroatoms. The summed E-state index contributed by atoms with van der Waals surface area (Å²) in [5, 5.41) is 0.549. The molecule has 3 rings (SSSR count). The van der Waals surface area contributed by atoms with Gasteiger partial charge in [-0.25, -0.2) is 9.37 Å². The Kier molecular flexibility index (Phi) is 3.42. The summed E-state index contributed by atoms with van der Waals surface area (Å²) >= 11 is 7.24. The number of hydrogen-bond donors (Lipinski definition) is 1. The molecule has 0 aliphatic heterocycles. The number of nitrogen functional groups attached to an aromatic ring is 1. The van der Waals surface area contributed by atoms with Crippen LogP contribution in [-0.4, -0.2) is 4.98 Å². The van der Waals surface area contributed by atoms with Crippen molar-refractivity contribution in [3.05, 3.63) is 59.4 Å². The molecule has 0 bridgehead atoms. The van der Waals surface area contributed by atoms with Gasteiger partial charge in [-0.3, -0.25) is 0 Å². The molecule has 0 fully saturated rings. The Labute approximate surface area is 124 Å². The van der Waals surface area contributed by atoms with Crippen molar-refractivity contribution in [3.63, 3.8) is 0 Å². The molecule has 0 radical (unpaired) electrons. The second kappa shape index (κ2) is 5.23. The molecule has 0 spiro atoms. The molecule has 100 valence electrons. The van der Waals surface area contributed by atoms with Crippen molar-refractivity contribution in [2.24, 2.45) is 0 Å². The number of nitrogens with two attached hydrogens (primary N) is 1. The van der Waals surface area contributed by atoms with E-state index in [1.54, 1.807) is 12.1 Å². The summed E-state index contributed by atoms with van der Waals surface area (Å²) in [6.45, 7) is 0. The van der Waals surface area contributed by atoms with Crippen molar-refractivity contribution < 1.29 is 4.39 Å². The molecule has 0 aliphatic rings. The van der Waals surface area contributed by atoms with E-state index in [-0.39, 0.29) is 5.02 Å². The van der Waals surface area contributed by atoms with Crippen molar-refractivity contribution in [2.45, 2.75) is 0 Å². The number of thiazole rings is 1. The third-order valence-corrected chi connectivity index (χ3v) is 4.10. The topological polar surface area (TPSA) is 38.9 Å². The van der Waals surface area contributed by atoms with Gasteiger partial charge in [0, 0.05) is 5.56 Å². The molecule has 0 unspecified atom stereocenters. The predicted molar refractivity (Wildman–Crippen MR) is 82.4 cm³/mol. The van der Waals surface area contributed by atoms with E-state index in [4.69, 9.17) is 17.3 Å². The van der Waals surface area contributed by atoms with E-state index in [0.717, 1.165) is 21.7 Å². The number of halogens is 2. The lowest BCUT2D eigenvalue weighted by molar-refractivity contribution is 0.628. The van der Waals surface area contributed by atoms with E-state index >= 15 is 0 Å². The molecule has 3 aromatic rings. The van der Waals surface area contributed by atoms with Crippen molar-refractivity contribution >= 4 is 28.1 Å². The van der Waals surface area contributed by atoms with Gasteiger partial charge in [0.1, 0.15) is 5.82 Å². The monoisotopic (exact) mass is 304 g/mol. The Balaban J connectivity index is 2.17. The predicted octanol–water partition coefficient (Wildman–Crippen LogP) is 4.85. The maximum Gasteiger partial charge on any atom is 0.181 e. The molecule has 0 aliphatic carbocycles. The van der Waals surface area contributed by atoms with Crippen LogP contribution in [-0.2, 0) is 0 Å². The summed E-state index contributed by atoms with van der Waals surface area (Å²) < 4.78 is 13.3. The average Bonchev–Trinajstić information content (AvgIpc) is 2.85. The van der Waals surface area contributed by atoms with Crippen molar-refractivity contribution in [2.75, 3.05) is 5.73 Å². The zero-order valence-corrected chi connectivity index (χ0v) is 11.9. The summed E-state index contributed by atoms with van der Waals surface area (Å²) in [5.74, 6) is -0.445. The van der Waals surface area contributed by atoms with Crippen LogP contribution >= 0.6 is 22.9 Å². The molecule has 0 amide bonds. The zero-order chi connectivity index (χ0) is 14.1. The van der Waals surface area contributed by atoms with Crippen molar-refractivity contribution in [1.29, 1.82) is 0 Å². The maximum atomic E-state index is 13.3. The van der Waals surface area contributed by atoms with Crippen molar-refractivity contribution in [1.82, 2.24) is 4.98 Å². The van der Waals surface area contributed by atoms with Gasteiger partial charge in [0.15, 0.2) is 5.13 Å². The van der Waals surface area contributed by atoms with E-state index < -0.39 is 5.82 Å². The summed E-state index contributed by atoms with van der Waals surface area (Å²) in [6, 6.07) is 14.4. The fourth-order valence-electron chi connectivity index (χ4n) is 1.96. The fraction of sp³-hybridized carbons (Fsp3) is 0. The largest absolute Gasteiger partial charge is 0.375 e. The standard InChI is InChI=1S/C15H10ClFN2S/c16-11-8-10(6-7-12(11)17)13-14(20-15(18)19-13)9-4-2-1-3-5-9/h1-8H,(H2,18,19). The van der Waals surface area contributed by atoms with E-state index in [1.165, 1.54) is 17.4 Å². The first-order valence-corrected chi connectivity index (χ1v) is 7.12. The van der Waals surface area contributed by atoms with Gasteiger partial charge in [0.25, 0.3) is 0 Å². The molecular weight excluding hydrogens is 295 g/mol. The Hall–Kier alpha value is -1.91. The van der Waals surface area contributed by atoms with Gasteiger partial charge in [0.05, 0.1) is 15.6 Å². The molecule has 1 heterocycles. The van der Waals surface area contributed by atoms with E-state index in [0.29, 0.717) is 5.13 Å². The average molecular weight is 305 g/mol. The van der Waals surface area contributed by atoms with Gasteiger partial charge >= 0.3 is 0 Å². The quantitative estimate of drug-likeness (QED) is 0.735. The highest BCUT2D eigenvalue weighted by atomic mass is 35.5. The number of anilines is 1. The molecular formula is C15H10ClFN2S. The molecule has 0 saturated carbocycles. The fourth-order valence-corrected chi connectivity index (χ4v) is 3.00. The second-order valence-corrected chi connectivity index (χ2v) is 5.66. The lowest BCUT2D eigenvalue weighted by Gasteiger charge is -2.03. The summed E-state index contributed by atoms with van der Waals surface area (Å²) in [5.41, 5.74) is 8.32. The van der Waals surface area contributed by atoms with Crippen LogP contribution in [0, 0.1) is 5.82 Å². The number of hydrogen-bond acceptors (Lipinski definition) is 3. The van der Waals surface area contributed by atoms with Crippen LogP contribution in [0.5, 0.6) is 0 Å². The lowest BCUT2D eigenvalue weighted by atomic mass is 10.1. The number of rotatable bonds is 2. The minimum atomic E-state index is -0.445. The molecule has 20 heavy (non-hydrogen) atoms. The molecule has 2 aromatic carbocycles. The normalized spacial score (nSPS) is 10.7. The Morgan fingerprint density at radius 1 is 1.05 bits per heavy atom. The molecule has 0 saturated heterocycles. The van der Waals surface area contributed by atoms with E-state index in [9.17, 15) is 4.39 Å². The van der Waals surface area contributed by atoms with Gasteiger partial charge in [-0.05, 0) is 23.8 Å². The zero-order valence-electron chi connectivity index (χ0n) is 10.3. The third kappa shape index (κ3) is 2.40. The van der Waals surface area contributed by atoms with E-state index in [2.05, 4.69) is 4.98 Å². The van der Waals surface area contributed by atoms with Crippen LogP contribution < -0.4 is 5.73 Å². The van der Waals surface area contributed by atoms with Crippen LogP contribution in [0.3, 0.4) is 0 Å². The van der Waals surface area contributed by atoms with Gasteiger partial charge < -0.3 is 5.73 Å². The Bertz CT molecular complexity index is 756. The maximum absolute atomic E-state index is 13.3. The second-order valence-electron chi connectivity index (χ2n) is 4.22. The summed E-state index contributed by atoms with van der Waals surface area (Å²) in [6.07, 6.45) is 0. The highest BCUT2D eigenvalue weighted by molar-refractivity contribution is 7.19. The molecule has 2 nitrogen and oxygen atoms in total. The molecule has 0 atom stereocenters. The molecule has 1 aromatic heterocycles. The summed E-state index contributed by atoms with van der Waals surface area (Å²) in [4.78, 5) is 5.29.